The Kier molecular flexibility index (Phi) is 3.61. The van der Waals surface area contributed by atoms with Gasteiger partial charge in [-0.05, 0) is 30.5 Å². The van der Waals surface area contributed by atoms with E-state index in [2.05, 4.69) is 48.1 Å². The normalized spacial score (nSPS) is 22.3. The minimum Gasteiger partial charge on any atom is -0.376 e. The van der Waals surface area contributed by atoms with Crippen LogP contribution in [-0.4, -0.2) is 34.6 Å². The Morgan fingerprint density at radius 1 is 1.08 bits per heavy atom. The van der Waals surface area contributed by atoms with Crippen molar-refractivity contribution < 1.29 is 9.53 Å². The average Bonchev–Trinajstić information content (AvgIpc) is 3.36. The Morgan fingerprint density at radius 3 is 2.73 bits per heavy atom. The van der Waals surface area contributed by atoms with Crippen molar-refractivity contribution in [2.45, 2.75) is 25.0 Å². The zero-order chi connectivity index (χ0) is 17.7. The zero-order valence-corrected chi connectivity index (χ0v) is 14.9. The maximum atomic E-state index is 13.2. The largest absolute Gasteiger partial charge is 0.376 e. The highest BCUT2D eigenvalue weighted by Gasteiger charge is 2.40. The first-order valence-electron chi connectivity index (χ1n) is 9.29. The highest BCUT2D eigenvalue weighted by Crippen LogP contribution is 2.42. The van der Waals surface area contributed by atoms with Gasteiger partial charge in [0.05, 0.1) is 12.1 Å². The number of hydrogen-bond acceptors (Lipinski definition) is 2. The number of carbonyl (C=O) groups excluding carboxylic acids is 1. The van der Waals surface area contributed by atoms with Crippen molar-refractivity contribution in [3.8, 4) is 0 Å². The molecule has 2 aliphatic heterocycles. The van der Waals surface area contributed by atoms with Crippen molar-refractivity contribution in [1.29, 1.82) is 0 Å². The quantitative estimate of drug-likeness (QED) is 0.721. The molecule has 3 aromatic rings. The molecule has 132 valence electrons. The highest BCUT2D eigenvalue weighted by molar-refractivity contribution is 6.00. The number of aromatic nitrogens is 1. The molecule has 0 N–H and O–H groups in total. The number of hydrogen-bond donors (Lipinski definition) is 0. The van der Waals surface area contributed by atoms with Crippen LogP contribution in [0.3, 0.4) is 0 Å². The molecule has 0 unspecified atom stereocenters. The molecule has 0 saturated carbocycles. The van der Waals surface area contributed by atoms with Crippen LogP contribution in [0.4, 0.5) is 0 Å². The van der Waals surface area contributed by atoms with Crippen molar-refractivity contribution >= 4 is 16.8 Å². The predicted octanol–water partition coefficient (Wildman–Crippen LogP) is 3.90. The molecule has 26 heavy (non-hydrogen) atoms. The zero-order valence-electron chi connectivity index (χ0n) is 14.9. The van der Waals surface area contributed by atoms with Gasteiger partial charge >= 0.3 is 0 Å². The lowest BCUT2D eigenvalue weighted by atomic mass is 9.97. The van der Waals surface area contributed by atoms with E-state index < -0.39 is 0 Å². The van der Waals surface area contributed by atoms with Gasteiger partial charge in [0, 0.05) is 48.4 Å². The Hall–Kier alpha value is -2.59. The van der Waals surface area contributed by atoms with Crippen LogP contribution in [0, 0.1) is 0 Å². The molecule has 2 atom stereocenters. The fourth-order valence-electron chi connectivity index (χ4n) is 4.49. The predicted molar refractivity (Wildman–Crippen MR) is 101 cm³/mol. The summed E-state index contributed by atoms with van der Waals surface area (Å²) in [6, 6.07) is 16.4. The van der Waals surface area contributed by atoms with Crippen LogP contribution in [0.5, 0.6) is 0 Å². The minimum atomic E-state index is -0.0472. The number of carbonyl (C=O) groups is 1. The Balaban J connectivity index is 1.66. The van der Waals surface area contributed by atoms with Crippen LogP contribution in [0.2, 0.25) is 0 Å². The van der Waals surface area contributed by atoms with Gasteiger partial charge < -0.3 is 14.2 Å². The molecule has 5 rings (SSSR count). The molecule has 4 heteroatoms. The third kappa shape index (κ3) is 2.29. The van der Waals surface area contributed by atoms with E-state index in [1.165, 1.54) is 16.5 Å². The van der Waals surface area contributed by atoms with Crippen LogP contribution >= 0.6 is 0 Å². The molecule has 3 heterocycles. The first-order valence-corrected chi connectivity index (χ1v) is 9.29. The first kappa shape index (κ1) is 15.6. The lowest BCUT2D eigenvalue weighted by Gasteiger charge is -2.27. The average molecular weight is 346 g/mol. The smallest absolute Gasteiger partial charge is 0.255 e. The summed E-state index contributed by atoms with van der Waals surface area (Å²) in [4.78, 5) is 15.2. The molecular weight excluding hydrogens is 324 g/mol. The number of fused-ring (bicyclic) bond motifs is 2. The molecule has 0 aliphatic carbocycles. The second-order valence-electron chi connectivity index (χ2n) is 7.29. The molecule has 0 spiro atoms. The monoisotopic (exact) mass is 346 g/mol. The fraction of sp³-hybridized carbons (Fsp3) is 0.318. The van der Waals surface area contributed by atoms with E-state index in [1.807, 2.05) is 23.1 Å². The summed E-state index contributed by atoms with van der Waals surface area (Å²) in [6.45, 7) is 1.46. The summed E-state index contributed by atoms with van der Waals surface area (Å²) in [5.41, 5.74) is 4.31. The summed E-state index contributed by atoms with van der Waals surface area (Å²) >= 11 is 0. The third-order valence-electron chi connectivity index (χ3n) is 5.71. The SMILES string of the molecule is Cn1cc([C@H]2c3ccccc3C(=O)N2C[C@H]2CCCO2)c2ccccc21. The van der Waals surface area contributed by atoms with E-state index >= 15 is 0 Å². The fourth-order valence-corrected chi connectivity index (χ4v) is 4.49. The highest BCUT2D eigenvalue weighted by atomic mass is 16.5. The number of nitrogens with zero attached hydrogens (tertiary/aromatic N) is 2. The molecule has 0 bridgehead atoms. The number of para-hydroxylation sites is 1. The van der Waals surface area contributed by atoms with E-state index in [0.717, 1.165) is 30.6 Å². The van der Waals surface area contributed by atoms with Gasteiger partial charge in [-0.2, -0.15) is 0 Å². The van der Waals surface area contributed by atoms with Gasteiger partial charge in [0.2, 0.25) is 0 Å². The molecule has 2 aromatic carbocycles. The topological polar surface area (TPSA) is 34.5 Å². The number of rotatable bonds is 3. The molecule has 1 saturated heterocycles. The molecule has 1 aromatic heterocycles. The van der Waals surface area contributed by atoms with E-state index in [9.17, 15) is 4.79 Å². The Morgan fingerprint density at radius 2 is 1.88 bits per heavy atom. The van der Waals surface area contributed by atoms with Gasteiger partial charge in [0.25, 0.3) is 5.91 Å². The standard InChI is InChI=1S/C22H22N2O2/c1-23-14-19(16-8-4-5-11-20(16)23)21-17-9-2-3-10-18(17)22(25)24(21)13-15-7-6-12-26-15/h2-5,8-11,14-15,21H,6-7,12-13H2,1H3/t15-,21-/m1/s1. The van der Waals surface area contributed by atoms with Crippen molar-refractivity contribution in [3.63, 3.8) is 0 Å². The van der Waals surface area contributed by atoms with Gasteiger partial charge in [-0.1, -0.05) is 36.4 Å². The Bertz CT molecular complexity index is 985. The lowest BCUT2D eigenvalue weighted by molar-refractivity contribution is 0.0500. The molecule has 0 radical (unpaired) electrons. The number of ether oxygens (including phenoxy) is 1. The van der Waals surface area contributed by atoms with Gasteiger partial charge in [-0.3, -0.25) is 4.79 Å². The van der Waals surface area contributed by atoms with E-state index in [1.54, 1.807) is 0 Å². The van der Waals surface area contributed by atoms with Crippen LogP contribution < -0.4 is 0 Å². The maximum Gasteiger partial charge on any atom is 0.255 e. The third-order valence-corrected chi connectivity index (χ3v) is 5.71. The van der Waals surface area contributed by atoms with Gasteiger partial charge in [0.1, 0.15) is 0 Å². The van der Waals surface area contributed by atoms with Crippen molar-refractivity contribution in [2.75, 3.05) is 13.2 Å². The number of amides is 1. The summed E-state index contributed by atoms with van der Waals surface area (Å²) in [7, 11) is 2.07. The summed E-state index contributed by atoms with van der Waals surface area (Å²) in [6.07, 6.45) is 4.43. The van der Waals surface area contributed by atoms with Gasteiger partial charge in [0.15, 0.2) is 0 Å². The van der Waals surface area contributed by atoms with Crippen LogP contribution in [-0.2, 0) is 11.8 Å². The molecule has 4 nitrogen and oxygen atoms in total. The lowest BCUT2D eigenvalue weighted by Crippen LogP contribution is -2.35. The van der Waals surface area contributed by atoms with Crippen molar-refractivity contribution in [1.82, 2.24) is 9.47 Å². The second-order valence-corrected chi connectivity index (χ2v) is 7.29. The maximum absolute atomic E-state index is 13.2. The van der Waals surface area contributed by atoms with Crippen LogP contribution in [0.15, 0.2) is 54.7 Å². The van der Waals surface area contributed by atoms with Crippen LogP contribution in [0.1, 0.15) is 40.4 Å². The second kappa shape index (κ2) is 5.99. The first-order chi connectivity index (χ1) is 12.7. The molecule has 2 aliphatic rings. The van der Waals surface area contributed by atoms with E-state index in [4.69, 9.17) is 4.74 Å². The summed E-state index contributed by atoms with van der Waals surface area (Å²) in [5, 5.41) is 1.21. The molecule has 1 amide bonds. The number of benzene rings is 2. The van der Waals surface area contributed by atoms with E-state index in [-0.39, 0.29) is 18.1 Å². The van der Waals surface area contributed by atoms with Crippen molar-refractivity contribution in [3.05, 3.63) is 71.4 Å². The van der Waals surface area contributed by atoms with Crippen molar-refractivity contribution in [2.24, 2.45) is 7.05 Å². The van der Waals surface area contributed by atoms with Gasteiger partial charge in [-0.25, -0.2) is 0 Å². The minimum absolute atomic E-state index is 0.0472. The summed E-state index contributed by atoms with van der Waals surface area (Å²) in [5.74, 6) is 0.119. The summed E-state index contributed by atoms with van der Waals surface area (Å²) < 4.78 is 7.99. The molecule has 1 fully saturated rings. The number of aryl methyl sites for hydroxylation is 1. The van der Waals surface area contributed by atoms with Crippen LogP contribution in [0.25, 0.3) is 10.9 Å². The van der Waals surface area contributed by atoms with Gasteiger partial charge in [-0.15, -0.1) is 0 Å². The molecular formula is C22H22N2O2. The Labute approximate surface area is 153 Å². The van der Waals surface area contributed by atoms with E-state index in [0.29, 0.717) is 6.54 Å².